The fourth-order valence-corrected chi connectivity index (χ4v) is 4.11. The van der Waals surface area contributed by atoms with Crippen LogP contribution in [0, 0.1) is 0 Å². The second-order valence-electron chi connectivity index (χ2n) is 9.26. The van der Waals surface area contributed by atoms with E-state index in [0.717, 1.165) is 12.1 Å². The summed E-state index contributed by atoms with van der Waals surface area (Å²) in [4.78, 5) is 23.6. The number of carboxylic acids is 1. The largest absolute Gasteiger partial charge is 0.508 e. The summed E-state index contributed by atoms with van der Waals surface area (Å²) in [6.45, 7) is -2.04. The molecule has 0 aliphatic carbocycles. The highest BCUT2D eigenvalue weighted by molar-refractivity contribution is 5.91. The average Bonchev–Trinajstić information content (AvgIpc) is 3.21. The molecule has 8 atom stereocenters. The monoisotopic (exact) mass is 568 g/mol. The van der Waals surface area contributed by atoms with Gasteiger partial charge in [0.15, 0.2) is 18.0 Å². The van der Waals surface area contributed by atoms with E-state index in [1.54, 1.807) is 0 Å². The van der Waals surface area contributed by atoms with Crippen molar-refractivity contribution in [3.05, 3.63) is 53.6 Å². The number of aromatic carboxylic acids is 1. The molecular formula is C25H28O15. The minimum atomic E-state index is -2.15. The van der Waals surface area contributed by atoms with Crippen LogP contribution in [0.5, 0.6) is 17.2 Å². The van der Waals surface area contributed by atoms with E-state index in [1.165, 1.54) is 30.3 Å². The predicted octanol–water partition coefficient (Wildman–Crippen LogP) is -1.70. The second-order valence-corrected chi connectivity index (χ2v) is 9.26. The standard InChI is InChI=1S/C25H28O15/c26-8-16-17(29)18(30)19(23(39-16)38-13-5-6-15(28)14(7-13)21(32)33)40-24-20(31)25(35,10-37-24)9-36-22(34)11-1-3-12(27)4-2-11/h1-7,16-20,23-24,26-31,35H,8-10H2,(H,32,33)/t16-,17-,18+,19-,20+,23-,24+,25-/m1/s1. The van der Waals surface area contributed by atoms with E-state index in [4.69, 9.17) is 23.7 Å². The Morgan fingerprint density at radius 3 is 2.35 bits per heavy atom. The molecule has 0 aromatic heterocycles. The average molecular weight is 568 g/mol. The van der Waals surface area contributed by atoms with Gasteiger partial charge in [-0.15, -0.1) is 0 Å². The molecule has 0 spiro atoms. The quantitative estimate of drug-likeness (QED) is 0.157. The third kappa shape index (κ3) is 6.11. The van der Waals surface area contributed by atoms with Gasteiger partial charge in [0, 0.05) is 0 Å². The third-order valence-corrected chi connectivity index (χ3v) is 6.43. The molecule has 0 unspecified atom stereocenters. The lowest BCUT2D eigenvalue weighted by atomic mass is 9.98. The number of rotatable bonds is 9. The van der Waals surface area contributed by atoms with Crippen molar-refractivity contribution in [3.8, 4) is 17.2 Å². The van der Waals surface area contributed by atoms with Crippen LogP contribution in [0.2, 0.25) is 0 Å². The van der Waals surface area contributed by atoms with Gasteiger partial charge in [-0.25, -0.2) is 9.59 Å². The van der Waals surface area contributed by atoms with Crippen molar-refractivity contribution in [1.82, 2.24) is 0 Å². The SMILES string of the molecule is O=C(OC[C@@]1(O)CO[C@@H](O[C@H]2[C@H](Oc3ccc(O)c(C(=O)O)c3)O[C@H](CO)[C@@H](O)[C@@H]2O)[C@@H]1O)c1ccc(O)cc1. The Morgan fingerprint density at radius 1 is 1.00 bits per heavy atom. The summed E-state index contributed by atoms with van der Waals surface area (Å²) >= 11 is 0. The zero-order valence-corrected chi connectivity index (χ0v) is 20.6. The van der Waals surface area contributed by atoms with Crippen molar-refractivity contribution in [2.45, 2.75) is 48.7 Å². The number of carbonyl (C=O) groups excluding carboxylic acids is 1. The Hall–Kier alpha value is -3.54. The fraction of sp³-hybridized carbons (Fsp3) is 0.440. The molecule has 8 N–H and O–H groups in total. The van der Waals surface area contributed by atoms with Gasteiger partial charge in [-0.2, -0.15) is 0 Å². The highest BCUT2D eigenvalue weighted by Gasteiger charge is 2.54. The first-order chi connectivity index (χ1) is 18.9. The van der Waals surface area contributed by atoms with Crippen molar-refractivity contribution in [2.75, 3.05) is 19.8 Å². The van der Waals surface area contributed by atoms with Gasteiger partial charge in [-0.05, 0) is 42.5 Å². The van der Waals surface area contributed by atoms with Crippen molar-refractivity contribution >= 4 is 11.9 Å². The van der Waals surface area contributed by atoms with Gasteiger partial charge in [0.1, 0.15) is 53.8 Å². The van der Waals surface area contributed by atoms with Gasteiger partial charge in [-0.3, -0.25) is 0 Å². The maximum Gasteiger partial charge on any atom is 0.339 e. The summed E-state index contributed by atoms with van der Waals surface area (Å²) in [7, 11) is 0. The molecule has 15 nitrogen and oxygen atoms in total. The molecule has 2 aliphatic rings. The van der Waals surface area contributed by atoms with Gasteiger partial charge in [0.05, 0.1) is 18.8 Å². The van der Waals surface area contributed by atoms with Crippen LogP contribution in [-0.2, 0) is 18.9 Å². The summed E-state index contributed by atoms with van der Waals surface area (Å²) in [6.07, 6.45) is -11.6. The molecule has 4 rings (SSSR count). The van der Waals surface area contributed by atoms with Crippen LogP contribution in [0.15, 0.2) is 42.5 Å². The number of phenols is 2. The lowest BCUT2D eigenvalue weighted by Crippen LogP contribution is -2.62. The zero-order valence-electron chi connectivity index (χ0n) is 20.6. The summed E-state index contributed by atoms with van der Waals surface area (Å²) in [6, 6.07) is 8.29. The van der Waals surface area contributed by atoms with Gasteiger partial charge < -0.3 is 64.5 Å². The number of phenolic OH excluding ortho intramolecular Hbond substituents is 1. The van der Waals surface area contributed by atoms with E-state index in [0.29, 0.717) is 0 Å². The van der Waals surface area contributed by atoms with Crippen molar-refractivity contribution in [2.24, 2.45) is 0 Å². The molecule has 218 valence electrons. The number of carboxylic acid groups (broad SMARTS) is 1. The van der Waals surface area contributed by atoms with Crippen LogP contribution in [-0.4, -0.2) is 121 Å². The number of aliphatic hydroxyl groups excluding tert-OH is 4. The number of aliphatic hydroxyl groups is 5. The minimum absolute atomic E-state index is 0.0674. The smallest absolute Gasteiger partial charge is 0.339 e. The number of hydrogen-bond donors (Lipinski definition) is 8. The Kier molecular flexibility index (Phi) is 8.77. The number of esters is 1. The van der Waals surface area contributed by atoms with E-state index in [2.05, 4.69) is 0 Å². The lowest BCUT2D eigenvalue weighted by molar-refractivity contribution is -0.318. The second kappa shape index (κ2) is 11.9. The van der Waals surface area contributed by atoms with Gasteiger partial charge in [0.2, 0.25) is 6.29 Å². The highest BCUT2D eigenvalue weighted by Crippen LogP contribution is 2.33. The van der Waals surface area contributed by atoms with Gasteiger partial charge in [-0.1, -0.05) is 0 Å². The normalized spacial score (nSPS) is 32.0. The Labute approximate surface area is 225 Å². The van der Waals surface area contributed by atoms with Crippen LogP contribution < -0.4 is 4.74 Å². The molecule has 2 aliphatic heterocycles. The Balaban J connectivity index is 1.47. The summed E-state index contributed by atoms with van der Waals surface area (Å²) in [5.41, 5.74) is -2.59. The first-order valence-electron chi connectivity index (χ1n) is 11.9. The fourth-order valence-electron chi connectivity index (χ4n) is 4.11. The zero-order chi connectivity index (χ0) is 29.2. The van der Waals surface area contributed by atoms with E-state index >= 15 is 0 Å². The molecule has 15 heteroatoms. The van der Waals surface area contributed by atoms with Crippen LogP contribution in [0.1, 0.15) is 20.7 Å². The molecule has 2 aromatic carbocycles. The number of hydrogen-bond acceptors (Lipinski definition) is 14. The molecule has 0 radical (unpaired) electrons. The molecule has 0 amide bonds. The van der Waals surface area contributed by atoms with Crippen LogP contribution >= 0.6 is 0 Å². The summed E-state index contributed by atoms with van der Waals surface area (Å²) < 4.78 is 27.1. The van der Waals surface area contributed by atoms with Gasteiger partial charge >= 0.3 is 11.9 Å². The van der Waals surface area contributed by atoms with Crippen molar-refractivity contribution < 1.29 is 74.1 Å². The summed E-state index contributed by atoms with van der Waals surface area (Å²) in [5, 5.41) is 80.5. The molecule has 2 heterocycles. The van der Waals surface area contributed by atoms with E-state index in [9.17, 15) is 50.4 Å². The highest BCUT2D eigenvalue weighted by atomic mass is 16.8. The van der Waals surface area contributed by atoms with Crippen LogP contribution in [0.25, 0.3) is 0 Å². The molecule has 40 heavy (non-hydrogen) atoms. The number of ether oxygens (including phenoxy) is 5. The predicted molar refractivity (Wildman–Crippen MR) is 127 cm³/mol. The van der Waals surface area contributed by atoms with Crippen LogP contribution in [0.3, 0.4) is 0 Å². The Morgan fingerprint density at radius 2 is 1.70 bits per heavy atom. The molecule has 2 aromatic rings. The summed E-state index contributed by atoms with van der Waals surface area (Å²) in [5.74, 6) is -3.10. The first-order valence-corrected chi connectivity index (χ1v) is 11.9. The van der Waals surface area contributed by atoms with Crippen molar-refractivity contribution in [3.63, 3.8) is 0 Å². The molecule has 0 bridgehead atoms. The Bertz CT molecular complexity index is 1200. The topological polar surface area (TPSA) is 242 Å². The third-order valence-electron chi connectivity index (χ3n) is 6.43. The molecule has 0 saturated carbocycles. The van der Waals surface area contributed by atoms with Crippen molar-refractivity contribution in [1.29, 1.82) is 0 Å². The number of aromatic hydroxyl groups is 2. The van der Waals surface area contributed by atoms with E-state index in [-0.39, 0.29) is 17.1 Å². The van der Waals surface area contributed by atoms with E-state index < -0.39 is 91.8 Å². The molecule has 2 saturated heterocycles. The minimum Gasteiger partial charge on any atom is -0.508 e. The molecule has 2 fully saturated rings. The van der Waals surface area contributed by atoms with Crippen LogP contribution in [0.4, 0.5) is 0 Å². The maximum absolute atomic E-state index is 12.3. The van der Waals surface area contributed by atoms with Gasteiger partial charge in [0.25, 0.3) is 0 Å². The lowest BCUT2D eigenvalue weighted by Gasteiger charge is -2.42. The maximum atomic E-state index is 12.3. The number of carbonyl (C=O) groups is 2. The van der Waals surface area contributed by atoms with E-state index in [1.807, 2.05) is 0 Å². The first kappa shape index (κ1) is 29.4. The molecular weight excluding hydrogens is 540 g/mol. The number of benzene rings is 2.